The summed E-state index contributed by atoms with van der Waals surface area (Å²) in [6.07, 6.45) is 1.17. The lowest BCUT2D eigenvalue weighted by molar-refractivity contribution is 0.144. The summed E-state index contributed by atoms with van der Waals surface area (Å²) in [5.74, 6) is 0.691. The van der Waals surface area contributed by atoms with Gasteiger partial charge in [-0.3, -0.25) is 4.90 Å². The Kier molecular flexibility index (Phi) is 6.87. The molecule has 1 aromatic carbocycles. The van der Waals surface area contributed by atoms with Crippen molar-refractivity contribution in [2.45, 2.75) is 13.3 Å². The minimum Gasteiger partial charge on any atom is -0.495 e. The molecule has 1 N–H and O–H groups in total. The third-order valence-corrected chi connectivity index (χ3v) is 4.34. The molecule has 0 atom stereocenters. The van der Waals surface area contributed by atoms with E-state index in [4.69, 9.17) is 4.74 Å². The van der Waals surface area contributed by atoms with Crippen LogP contribution in [0.15, 0.2) is 18.2 Å². The number of nitrogens with one attached hydrogen (secondary N) is 1. The molecular weight excluding hydrogens is 304 g/mol. The van der Waals surface area contributed by atoms with Gasteiger partial charge < -0.3 is 19.9 Å². The van der Waals surface area contributed by atoms with Crippen molar-refractivity contribution in [1.82, 2.24) is 14.7 Å². The smallest absolute Gasteiger partial charge is 0.322 e. The van der Waals surface area contributed by atoms with Crippen molar-refractivity contribution in [1.29, 1.82) is 0 Å². The van der Waals surface area contributed by atoms with Crippen molar-refractivity contribution >= 4 is 11.7 Å². The van der Waals surface area contributed by atoms with Crippen LogP contribution in [0, 0.1) is 6.92 Å². The molecule has 6 nitrogen and oxygen atoms in total. The van der Waals surface area contributed by atoms with Crippen LogP contribution in [0.25, 0.3) is 0 Å². The van der Waals surface area contributed by atoms with E-state index in [1.807, 2.05) is 30.0 Å². The van der Waals surface area contributed by atoms with E-state index >= 15 is 0 Å². The molecule has 2 amide bonds. The summed E-state index contributed by atoms with van der Waals surface area (Å²) in [7, 11) is 5.82. The first kappa shape index (κ1) is 18.5. The van der Waals surface area contributed by atoms with Crippen molar-refractivity contribution in [3.05, 3.63) is 23.8 Å². The summed E-state index contributed by atoms with van der Waals surface area (Å²) < 4.78 is 5.32. The molecule has 1 aliphatic rings. The van der Waals surface area contributed by atoms with E-state index in [2.05, 4.69) is 29.2 Å². The number of carbonyl (C=O) groups is 1. The number of piperazine rings is 1. The van der Waals surface area contributed by atoms with Crippen LogP contribution >= 0.6 is 0 Å². The zero-order chi connectivity index (χ0) is 17.5. The van der Waals surface area contributed by atoms with Crippen LogP contribution in [-0.2, 0) is 0 Å². The Bertz CT molecular complexity index is 540. The van der Waals surface area contributed by atoms with Crippen LogP contribution in [0.5, 0.6) is 5.75 Å². The maximum atomic E-state index is 12.5. The number of anilines is 1. The topological polar surface area (TPSA) is 48.1 Å². The molecule has 0 radical (unpaired) electrons. The van der Waals surface area contributed by atoms with Gasteiger partial charge in [0.15, 0.2) is 0 Å². The first-order valence-electron chi connectivity index (χ1n) is 8.57. The number of aryl methyl sites for hydroxylation is 1. The molecule has 2 rings (SSSR count). The number of amides is 2. The summed E-state index contributed by atoms with van der Waals surface area (Å²) in [6, 6.07) is 5.75. The van der Waals surface area contributed by atoms with Gasteiger partial charge >= 0.3 is 6.03 Å². The molecule has 0 aliphatic carbocycles. The first-order chi connectivity index (χ1) is 11.5. The van der Waals surface area contributed by atoms with E-state index in [1.165, 1.54) is 6.42 Å². The number of methoxy groups -OCH3 is 1. The Balaban J connectivity index is 1.82. The summed E-state index contributed by atoms with van der Waals surface area (Å²) in [4.78, 5) is 19.0. The normalized spacial score (nSPS) is 15.6. The molecule has 0 bridgehead atoms. The Morgan fingerprint density at radius 3 is 2.58 bits per heavy atom. The van der Waals surface area contributed by atoms with Gasteiger partial charge in [-0.2, -0.15) is 0 Å². The molecule has 0 unspecified atom stereocenters. The Morgan fingerprint density at radius 2 is 1.96 bits per heavy atom. The number of nitrogens with zero attached hydrogens (tertiary/aromatic N) is 3. The highest BCUT2D eigenvalue weighted by atomic mass is 16.5. The maximum absolute atomic E-state index is 12.5. The van der Waals surface area contributed by atoms with E-state index in [0.717, 1.165) is 50.5 Å². The number of carbonyl (C=O) groups excluding carboxylic acids is 1. The molecule has 0 saturated carbocycles. The molecule has 1 fully saturated rings. The molecule has 1 heterocycles. The third kappa shape index (κ3) is 5.39. The first-order valence-corrected chi connectivity index (χ1v) is 8.57. The van der Waals surface area contributed by atoms with Gasteiger partial charge in [0, 0.05) is 26.2 Å². The van der Waals surface area contributed by atoms with Crippen molar-refractivity contribution in [3.63, 3.8) is 0 Å². The number of benzene rings is 1. The summed E-state index contributed by atoms with van der Waals surface area (Å²) in [5.41, 5.74) is 1.83. The SMILES string of the molecule is COc1ccc(C)cc1NC(=O)N1CCN(CCCN(C)C)CC1. The van der Waals surface area contributed by atoms with Crippen LogP contribution < -0.4 is 10.1 Å². The lowest BCUT2D eigenvalue weighted by Crippen LogP contribution is -2.50. The number of urea groups is 1. The van der Waals surface area contributed by atoms with Crippen LogP contribution in [0.1, 0.15) is 12.0 Å². The van der Waals surface area contributed by atoms with E-state index < -0.39 is 0 Å². The maximum Gasteiger partial charge on any atom is 0.322 e. The van der Waals surface area contributed by atoms with Gasteiger partial charge in [0.1, 0.15) is 5.75 Å². The predicted octanol–water partition coefficient (Wildman–Crippen LogP) is 2.10. The lowest BCUT2D eigenvalue weighted by Gasteiger charge is -2.35. The van der Waals surface area contributed by atoms with Crippen molar-refractivity contribution in [3.8, 4) is 5.75 Å². The minimum absolute atomic E-state index is 0.0492. The molecule has 6 heteroatoms. The van der Waals surface area contributed by atoms with Crippen molar-refractivity contribution in [2.24, 2.45) is 0 Å². The second-order valence-electron chi connectivity index (χ2n) is 6.62. The minimum atomic E-state index is -0.0492. The van der Waals surface area contributed by atoms with Crippen LogP contribution in [0.2, 0.25) is 0 Å². The fourth-order valence-corrected chi connectivity index (χ4v) is 2.90. The van der Waals surface area contributed by atoms with Gasteiger partial charge in [-0.25, -0.2) is 4.79 Å². The van der Waals surface area contributed by atoms with Gasteiger partial charge in [0.05, 0.1) is 12.8 Å². The van der Waals surface area contributed by atoms with Crippen molar-refractivity contribution < 1.29 is 9.53 Å². The molecule has 134 valence electrons. The zero-order valence-corrected chi connectivity index (χ0v) is 15.3. The number of ether oxygens (including phenoxy) is 1. The van der Waals surface area contributed by atoms with Crippen LogP contribution in [0.4, 0.5) is 10.5 Å². The Hall–Kier alpha value is -1.79. The molecular formula is C18H30N4O2. The zero-order valence-electron chi connectivity index (χ0n) is 15.3. The number of rotatable bonds is 6. The number of hydrogen-bond donors (Lipinski definition) is 1. The van der Waals surface area contributed by atoms with E-state index in [0.29, 0.717) is 5.75 Å². The molecule has 0 aromatic heterocycles. The summed E-state index contributed by atoms with van der Waals surface area (Å²) >= 11 is 0. The average Bonchev–Trinajstić information content (AvgIpc) is 2.55. The Labute approximate surface area is 145 Å². The third-order valence-electron chi connectivity index (χ3n) is 4.34. The van der Waals surface area contributed by atoms with Gasteiger partial charge in [-0.1, -0.05) is 6.07 Å². The predicted molar refractivity (Wildman–Crippen MR) is 97.9 cm³/mol. The fraction of sp³-hybridized carbons (Fsp3) is 0.611. The van der Waals surface area contributed by atoms with Gasteiger partial charge in [-0.05, 0) is 58.2 Å². The van der Waals surface area contributed by atoms with Gasteiger partial charge in [-0.15, -0.1) is 0 Å². The molecule has 1 aliphatic heterocycles. The van der Waals surface area contributed by atoms with Gasteiger partial charge in [0.2, 0.25) is 0 Å². The lowest BCUT2D eigenvalue weighted by atomic mass is 10.2. The second kappa shape index (κ2) is 8.89. The van der Waals surface area contributed by atoms with Crippen LogP contribution in [-0.4, -0.2) is 81.2 Å². The highest BCUT2D eigenvalue weighted by Crippen LogP contribution is 2.25. The van der Waals surface area contributed by atoms with Crippen LogP contribution in [0.3, 0.4) is 0 Å². The molecule has 1 aromatic rings. The second-order valence-corrected chi connectivity index (χ2v) is 6.62. The largest absolute Gasteiger partial charge is 0.495 e. The van der Waals surface area contributed by atoms with E-state index in [9.17, 15) is 4.79 Å². The van der Waals surface area contributed by atoms with Gasteiger partial charge in [0.25, 0.3) is 0 Å². The summed E-state index contributed by atoms with van der Waals surface area (Å²) in [6.45, 7) is 7.61. The van der Waals surface area contributed by atoms with Crippen molar-refractivity contribution in [2.75, 3.05) is 65.8 Å². The number of hydrogen-bond acceptors (Lipinski definition) is 4. The Morgan fingerprint density at radius 1 is 1.25 bits per heavy atom. The van der Waals surface area contributed by atoms with E-state index in [1.54, 1.807) is 7.11 Å². The summed E-state index contributed by atoms with van der Waals surface area (Å²) in [5, 5.41) is 2.98. The standard InChI is InChI=1S/C18H30N4O2/c1-15-6-7-17(24-4)16(14-15)19-18(23)22-12-10-21(11-13-22)9-5-8-20(2)3/h6-7,14H,5,8-13H2,1-4H3,(H,19,23). The average molecular weight is 334 g/mol. The van der Waals surface area contributed by atoms with E-state index in [-0.39, 0.29) is 6.03 Å². The highest BCUT2D eigenvalue weighted by molar-refractivity contribution is 5.91. The molecule has 1 saturated heterocycles. The molecule has 0 spiro atoms. The molecule has 24 heavy (non-hydrogen) atoms. The quantitative estimate of drug-likeness (QED) is 0.865. The fourth-order valence-electron chi connectivity index (χ4n) is 2.90. The highest BCUT2D eigenvalue weighted by Gasteiger charge is 2.21. The monoisotopic (exact) mass is 334 g/mol.